The molecule has 0 aromatic carbocycles. The van der Waals surface area contributed by atoms with Crippen LogP contribution in [-0.4, -0.2) is 35.5 Å². The minimum Gasteiger partial charge on any atom is -0.372 e. The molecule has 0 bridgehead atoms. The highest BCUT2D eigenvalue weighted by atomic mass is 16.5. The predicted octanol–water partition coefficient (Wildman–Crippen LogP) is 2.73. The molecule has 1 atom stereocenters. The second-order valence-corrected chi connectivity index (χ2v) is 5.34. The van der Waals surface area contributed by atoms with Gasteiger partial charge in [0.25, 0.3) is 0 Å². The predicted molar refractivity (Wildman–Crippen MR) is 80.0 cm³/mol. The second kappa shape index (κ2) is 8.79. The molecule has 6 nitrogen and oxygen atoms in total. The molecule has 1 N–H and O–H groups in total. The van der Waals surface area contributed by atoms with Gasteiger partial charge in [0.15, 0.2) is 0 Å². The van der Waals surface area contributed by atoms with Crippen LogP contribution >= 0.6 is 0 Å². The van der Waals surface area contributed by atoms with E-state index in [1.165, 1.54) is 0 Å². The molecule has 2 rings (SSSR count). The van der Waals surface area contributed by atoms with E-state index in [1.807, 2.05) is 6.20 Å². The molecule has 2 heterocycles. The molecule has 6 heteroatoms. The number of anilines is 1. The number of hydrogen-bond donors (Lipinski definition) is 1. The van der Waals surface area contributed by atoms with Crippen LogP contribution in [-0.2, 0) is 14.3 Å². The van der Waals surface area contributed by atoms with Crippen molar-refractivity contribution in [3.63, 3.8) is 0 Å². The van der Waals surface area contributed by atoms with Gasteiger partial charge in [-0.05, 0) is 25.7 Å². The molecule has 0 spiro atoms. The average Bonchev–Trinajstić information content (AvgIpc) is 2.96. The Kier molecular flexibility index (Phi) is 6.69. The zero-order valence-electron chi connectivity index (χ0n) is 12.7. The molecule has 0 radical (unpaired) electrons. The first-order valence-corrected chi connectivity index (χ1v) is 7.83. The van der Waals surface area contributed by atoms with Crippen molar-refractivity contribution in [2.24, 2.45) is 0 Å². The van der Waals surface area contributed by atoms with E-state index >= 15 is 0 Å². The fraction of sp³-hybridized carbons (Fsp3) is 0.733. The molecule has 1 aliphatic heterocycles. The molecule has 1 aliphatic rings. The van der Waals surface area contributed by atoms with Gasteiger partial charge in [-0.25, -0.2) is 4.68 Å². The summed E-state index contributed by atoms with van der Waals surface area (Å²) >= 11 is 0. The van der Waals surface area contributed by atoms with Gasteiger partial charge in [-0.2, -0.15) is 5.10 Å². The third-order valence-electron chi connectivity index (χ3n) is 3.46. The van der Waals surface area contributed by atoms with Gasteiger partial charge in [0, 0.05) is 13.2 Å². The molecule has 1 saturated heterocycles. The topological polar surface area (TPSA) is 65.4 Å². The lowest BCUT2D eigenvalue weighted by atomic mass is 10.2. The Morgan fingerprint density at radius 3 is 3.19 bits per heavy atom. The Morgan fingerprint density at radius 2 is 2.43 bits per heavy atom. The standard InChI is InChI=1S/C15H25N3O3/c1-2-3-5-8-20-12-14(19)17-13-10-16-18(11-13)15-7-4-6-9-21-15/h10-11,15H,2-9,12H2,1H3,(H,17,19). The summed E-state index contributed by atoms with van der Waals surface area (Å²) < 4.78 is 12.8. The summed E-state index contributed by atoms with van der Waals surface area (Å²) in [5.41, 5.74) is 0.686. The van der Waals surface area contributed by atoms with Crippen molar-refractivity contribution < 1.29 is 14.3 Å². The Balaban J connectivity index is 1.70. The lowest BCUT2D eigenvalue weighted by molar-refractivity contribution is -0.120. The van der Waals surface area contributed by atoms with E-state index in [2.05, 4.69) is 17.3 Å². The summed E-state index contributed by atoms with van der Waals surface area (Å²) in [6.07, 6.45) is 9.96. The van der Waals surface area contributed by atoms with Crippen LogP contribution in [0, 0.1) is 0 Å². The van der Waals surface area contributed by atoms with E-state index in [1.54, 1.807) is 10.9 Å². The first-order chi connectivity index (χ1) is 10.3. The normalized spacial score (nSPS) is 18.6. The Labute approximate surface area is 125 Å². The van der Waals surface area contributed by atoms with Crippen molar-refractivity contribution in [1.82, 2.24) is 9.78 Å². The van der Waals surface area contributed by atoms with Crippen LogP contribution in [0.1, 0.15) is 51.7 Å². The minimum atomic E-state index is -0.143. The zero-order valence-corrected chi connectivity index (χ0v) is 12.7. The van der Waals surface area contributed by atoms with Gasteiger partial charge in [-0.3, -0.25) is 4.79 Å². The number of nitrogens with zero attached hydrogens (tertiary/aromatic N) is 2. The van der Waals surface area contributed by atoms with Gasteiger partial charge < -0.3 is 14.8 Å². The smallest absolute Gasteiger partial charge is 0.250 e. The van der Waals surface area contributed by atoms with Gasteiger partial charge in [-0.1, -0.05) is 19.8 Å². The molecule has 1 unspecified atom stereocenters. The Morgan fingerprint density at radius 1 is 1.52 bits per heavy atom. The number of unbranched alkanes of at least 4 members (excludes halogenated alkanes) is 2. The number of carbonyl (C=O) groups is 1. The maximum absolute atomic E-state index is 11.7. The number of carbonyl (C=O) groups excluding carboxylic acids is 1. The van der Waals surface area contributed by atoms with Crippen LogP contribution < -0.4 is 5.32 Å². The van der Waals surface area contributed by atoms with E-state index < -0.39 is 0 Å². The van der Waals surface area contributed by atoms with Crippen LogP contribution in [0.25, 0.3) is 0 Å². The molecular weight excluding hydrogens is 270 g/mol. The summed E-state index contributed by atoms with van der Waals surface area (Å²) in [6, 6.07) is 0. The van der Waals surface area contributed by atoms with Crippen LogP contribution in [0.3, 0.4) is 0 Å². The van der Waals surface area contributed by atoms with Crippen molar-refractivity contribution in [3.05, 3.63) is 12.4 Å². The van der Waals surface area contributed by atoms with E-state index in [9.17, 15) is 4.79 Å². The zero-order chi connectivity index (χ0) is 14.9. The quantitative estimate of drug-likeness (QED) is 0.749. The van der Waals surface area contributed by atoms with Gasteiger partial charge in [0.05, 0.1) is 18.1 Å². The van der Waals surface area contributed by atoms with Crippen LogP contribution in [0.5, 0.6) is 0 Å². The molecule has 1 aromatic heterocycles. The molecule has 21 heavy (non-hydrogen) atoms. The number of hydrogen-bond acceptors (Lipinski definition) is 4. The van der Waals surface area contributed by atoms with Gasteiger partial charge >= 0.3 is 0 Å². The number of nitrogens with one attached hydrogen (secondary N) is 1. The van der Waals surface area contributed by atoms with Crippen molar-refractivity contribution in [2.45, 2.75) is 51.7 Å². The third kappa shape index (κ3) is 5.47. The Hall–Kier alpha value is -1.40. The van der Waals surface area contributed by atoms with E-state index in [4.69, 9.17) is 9.47 Å². The number of ether oxygens (including phenoxy) is 2. The average molecular weight is 295 g/mol. The molecule has 0 saturated carbocycles. The van der Waals surface area contributed by atoms with E-state index in [0.717, 1.165) is 45.1 Å². The molecule has 1 fully saturated rings. The Bertz CT molecular complexity index is 428. The van der Waals surface area contributed by atoms with Gasteiger partial charge in [-0.15, -0.1) is 0 Å². The molecule has 118 valence electrons. The highest BCUT2D eigenvalue weighted by Gasteiger charge is 2.16. The largest absolute Gasteiger partial charge is 0.372 e. The molecule has 0 aliphatic carbocycles. The fourth-order valence-corrected chi connectivity index (χ4v) is 2.31. The van der Waals surface area contributed by atoms with Crippen LogP contribution in [0.4, 0.5) is 5.69 Å². The lowest BCUT2D eigenvalue weighted by Crippen LogP contribution is -2.19. The van der Waals surface area contributed by atoms with Crippen LogP contribution in [0.2, 0.25) is 0 Å². The number of aromatic nitrogens is 2. The van der Waals surface area contributed by atoms with Crippen molar-refractivity contribution in [3.8, 4) is 0 Å². The summed E-state index contributed by atoms with van der Waals surface area (Å²) in [7, 11) is 0. The van der Waals surface area contributed by atoms with Gasteiger partial charge in [0.2, 0.25) is 5.91 Å². The summed E-state index contributed by atoms with van der Waals surface area (Å²) in [5, 5.41) is 7.04. The first kappa shape index (κ1) is 16.0. The van der Waals surface area contributed by atoms with Crippen molar-refractivity contribution in [2.75, 3.05) is 25.1 Å². The fourth-order valence-electron chi connectivity index (χ4n) is 2.31. The maximum atomic E-state index is 11.7. The maximum Gasteiger partial charge on any atom is 0.250 e. The molecular formula is C15H25N3O3. The minimum absolute atomic E-state index is 0.00491. The molecule has 1 amide bonds. The van der Waals surface area contributed by atoms with Crippen molar-refractivity contribution >= 4 is 11.6 Å². The first-order valence-electron chi connectivity index (χ1n) is 7.83. The summed E-state index contributed by atoms with van der Waals surface area (Å²) in [6.45, 7) is 3.64. The summed E-state index contributed by atoms with van der Waals surface area (Å²) in [5.74, 6) is -0.143. The van der Waals surface area contributed by atoms with Crippen molar-refractivity contribution in [1.29, 1.82) is 0 Å². The molecule has 1 aromatic rings. The highest BCUT2D eigenvalue weighted by molar-refractivity contribution is 5.91. The number of amides is 1. The third-order valence-corrected chi connectivity index (χ3v) is 3.46. The monoisotopic (exact) mass is 295 g/mol. The summed E-state index contributed by atoms with van der Waals surface area (Å²) in [4.78, 5) is 11.7. The van der Waals surface area contributed by atoms with Gasteiger partial charge in [0.1, 0.15) is 12.8 Å². The van der Waals surface area contributed by atoms with E-state index in [-0.39, 0.29) is 18.7 Å². The SMILES string of the molecule is CCCCCOCC(=O)Nc1cnn(C2CCCCO2)c1. The second-order valence-electron chi connectivity index (χ2n) is 5.34. The van der Waals surface area contributed by atoms with Crippen LogP contribution in [0.15, 0.2) is 12.4 Å². The number of rotatable bonds is 8. The lowest BCUT2D eigenvalue weighted by Gasteiger charge is -2.22. The highest BCUT2D eigenvalue weighted by Crippen LogP contribution is 2.22. The van der Waals surface area contributed by atoms with E-state index in [0.29, 0.717) is 12.3 Å².